The smallest absolute Gasteiger partial charge is 0.269 e. The summed E-state index contributed by atoms with van der Waals surface area (Å²) in [5.41, 5.74) is 1.81. The van der Waals surface area contributed by atoms with Crippen LogP contribution in [0, 0.1) is 0 Å². The number of hydrogen-bond acceptors (Lipinski definition) is 4. The second-order valence-electron chi connectivity index (χ2n) is 5.33. The lowest BCUT2D eigenvalue weighted by Crippen LogP contribution is -2.23. The monoisotopic (exact) mass is 338 g/mol. The van der Waals surface area contributed by atoms with Gasteiger partial charge in [0.2, 0.25) is 0 Å². The van der Waals surface area contributed by atoms with E-state index in [-0.39, 0.29) is 17.7 Å². The average Bonchev–Trinajstić information content (AvgIpc) is 2.58. The van der Waals surface area contributed by atoms with Crippen LogP contribution >= 0.6 is 11.6 Å². The van der Waals surface area contributed by atoms with Crippen LogP contribution in [0.5, 0.6) is 0 Å². The Labute approximate surface area is 140 Å². The van der Waals surface area contributed by atoms with E-state index in [0.29, 0.717) is 27.4 Å². The second kappa shape index (κ2) is 5.58. The molecule has 0 amide bonds. The van der Waals surface area contributed by atoms with Gasteiger partial charge in [-0.1, -0.05) is 17.7 Å². The Balaban J connectivity index is 1.91. The summed E-state index contributed by atoms with van der Waals surface area (Å²) in [5, 5.41) is 0.509. The molecule has 7 heteroatoms. The molecule has 118 valence electrons. The lowest BCUT2D eigenvalue weighted by Gasteiger charge is -2.10. The molecule has 0 unspecified atom stereocenters. The molecule has 0 aliphatic heterocycles. The van der Waals surface area contributed by atoms with Gasteiger partial charge in [-0.25, -0.2) is 9.97 Å². The molecule has 0 bridgehead atoms. The van der Waals surface area contributed by atoms with E-state index in [0.717, 1.165) is 0 Å². The maximum absolute atomic E-state index is 12.2. The van der Waals surface area contributed by atoms with E-state index < -0.39 is 0 Å². The third-order valence-corrected chi connectivity index (χ3v) is 3.99. The minimum atomic E-state index is -0.278. The van der Waals surface area contributed by atoms with Crippen LogP contribution in [0.1, 0.15) is 5.69 Å². The average molecular weight is 339 g/mol. The molecule has 3 aromatic heterocycles. The van der Waals surface area contributed by atoms with Crippen molar-refractivity contribution in [3.8, 4) is 0 Å². The summed E-state index contributed by atoms with van der Waals surface area (Å²) in [6.07, 6.45) is 2.91. The Bertz CT molecular complexity index is 1200. The highest BCUT2D eigenvalue weighted by atomic mass is 35.5. The van der Waals surface area contributed by atoms with Crippen molar-refractivity contribution in [1.82, 2.24) is 18.9 Å². The van der Waals surface area contributed by atoms with Crippen LogP contribution < -0.4 is 11.1 Å². The van der Waals surface area contributed by atoms with Crippen molar-refractivity contribution in [2.24, 2.45) is 0 Å². The topological polar surface area (TPSA) is 69.3 Å². The second-order valence-corrected chi connectivity index (χ2v) is 5.77. The molecule has 6 nitrogen and oxygen atoms in total. The van der Waals surface area contributed by atoms with Gasteiger partial charge in [0.1, 0.15) is 5.65 Å². The van der Waals surface area contributed by atoms with Gasteiger partial charge in [-0.15, -0.1) is 0 Å². The standard InChI is InChI=1S/C17H11ClN4O2/c18-11-4-5-13-14(7-11)22(17(24)9-19-13)10-12-8-16(23)21-6-2-1-3-15(21)20-12/h1-9H,10H2. The largest absolute Gasteiger partial charge is 0.299 e. The minimum absolute atomic E-state index is 0.166. The molecule has 0 aliphatic rings. The molecule has 0 N–H and O–H groups in total. The fourth-order valence-electron chi connectivity index (χ4n) is 2.64. The molecule has 0 fully saturated rings. The summed E-state index contributed by atoms with van der Waals surface area (Å²) >= 11 is 6.04. The summed E-state index contributed by atoms with van der Waals surface area (Å²) in [5.74, 6) is 0. The highest BCUT2D eigenvalue weighted by Crippen LogP contribution is 2.16. The van der Waals surface area contributed by atoms with Gasteiger partial charge in [-0.2, -0.15) is 0 Å². The van der Waals surface area contributed by atoms with E-state index in [4.69, 9.17) is 11.6 Å². The van der Waals surface area contributed by atoms with E-state index in [1.54, 1.807) is 42.6 Å². The maximum atomic E-state index is 12.2. The zero-order chi connectivity index (χ0) is 16.7. The van der Waals surface area contributed by atoms with Crippen LogP contribution in [-0.2, 0) is 6.54 Å². The molecule has 4 rings (SSSR count). The summed E-state index contributed by atoms with van der Waals surface area (Å²) in [6.45, 7) is 0.166. The highest BCUT2D eigenvalue weighted by Gasteiger charge is 2.08. The quantitative estimate of drug-likeness (QED) is 0.561. The van der Waals surface area contributed by atoms with Crippen molar-refractivity contribution in [3.63, 3.8) is 0 Å². The van der Waals surface area contributed by atoms with Crippen molar-refractivity contribution in [1.29, 1.82) is 0 Å². The van der Waals surface area contributed by atoms with Gasteiger partial charge in [0.15, 0.2) is 0 Å². The summed E-state index contributed by atoms with van der Waals surface area (Å²) < 4.78 is 2.96. The van der Waals surface area contributed by atoms with Crippen molar-refractivity contribution < 1.29 is 0 Å². The molecular weight excluding hydrogens is 328 g/mol. The Morgan fingerprint density at radius 1 is 1.04 bits per heavy atom. The number of halogens is 1. The van der Waals surface area contributed by atoms with Crippen LogP contribution in [0.15, 0.2) is 64.4 Å². The van der Waals surface area contributed by atoms with E-state index >= 15 is 0 Å². The lowest BCUT2D eigenvalue weighted by atomic mass is 10.2. The number of fused-ring (bicyclic) bond motifs is 2. The first-order chi connectivity index (χ1) is 11.6. The molecule has 0 saturated heterocycles. The molecule has 0 saturated carbocycles. The molecule has 0 radical (unpaired) electrons. The highest BCUT2D eigenvalue weighted by molar-refractivity contribution is 6.31. The van der Waals surface area contributed by atoms with E-state index in [1.807, 2.05) is 0 Å². The van der Waals surface area contributed by atoms with Gasteiger partial charge in [-0.05, 0) is 30.3 Å². The van der Waals surface area contributed by atoms with Gasteiger partial charge in [0.05, 0.1) is 29.5 Å². The molecular formula is C17H11ClN4O2. The van der Waals surface area contributed by atoms with Crippen molar-refractivity contribution in [2.75, 3.05) is 0 Å². The number of pyridine rings is 1. The number of aromatic nitrogens is 4. The molecule has 0 spiro atoms. The zero-order valence-corrected chi connectivity index (χ0v) is 13.1. The van der Waals surface area contributed by atoms with E-state index in [1.165, 1.54) is 21.2 Å². The van der Waals surface area contributed by atoms with Crippen LogP contribution in [0.4, 0.5) is 0 Å². The first-order valence-electron chi connectivity index (χ1n) is 7.24. The number of hydrogen-bond donors (Lipinski definition) is 0. The molecule has 0 aliphatic carbocycles. The Kier molecular flexibility index (Phi) is 3.39. The van der Waals surface area contributed by atoms with Crippen LogP contribution in [0.25, 0.3) is 16.7 Å². The van der Waals surface area contributed by atoms with Crippen molar-refractivity contribution >= 4 is 28.3 Å². The summed E-state index contributed by atoms with van der Waals surface area (Å²) in [7, 11) is 0. The van der Waals surface area contributed by atoms with Crippen molar-refractivity contribution in [3.05, 3.63) is 86.3 Å². The van der Waals surface area contributed by atoms with Gasteiger partial charge in [0.25, 0.3) is 11.1 Å². The van der Waals surface area contributed by atoms with Crippen LogP contribution in [0.2, 0.25) is 5.02 Å². The Hall–Kier alpha value is -2.99. The lowest BCUT2D eigenvalue weighted by molar-refractivity contribution is 0.760. The summed E-state index contributed by atoms with van der Waals surface area (Å²) in [6, 6.07) is 11.9. The maximum Gasteiger partial charge on any atom is 0.269 e. The molecule has 4 aromatic rings. The minimum Gasteiger partial charge on any atom is -0.299 e. The van der Waals surface area contributed by atoms with Crippen LogP contribution in [-0.4, -0.2) is 18.9 Å². The van der Waals surface area contributed by atoms with E-state index in [9.17, 15) is 9.59 Å². The third-order valence-electron chi connectivity index (χ3n) is 3.75. The first-order valence-corrected chi connectivity index (χ1v) is 7.62. The Morgan fingerprint density at radius 2 is 1.92 bits per heavy atom. The number of rotatable bonds is 2. The number of nitrogens with zero attached hydrogens (tertiary/aromatic N) is 4. The van der Waals surface area contributed by atoms with Crippen molar-refractivity contribution in [2.45, 2.75) is 6.54 Å². The molecule has 0 atom stereocenters. The van der Waals surface area contributed by atoms with Crippen LogP contribution in [0.3, 0.4) is 0 Å². The normalized spacial score (nSPS) is 11.2. The summed E-state index contributed by atoms with van der Waals surface area (Å²) in [4.78, 5) is 33.0. The molecule has 1 aromatic carbocycles. The van der Waals surface area contributed by atoms with Gasteiger partial charge in [-0.3, -0.25) is 18.6 Å². The SMILES string of the molecule is O=c1cnc2ccc(Cl)cc2n1Cc1cc(=O)n2ccccc2n1. The Morgan fingerprint density at radius 3 is 2.79 bits per heavy atom. The first kappa shape index (κ1) is 14.6. The fourth-order valence-corrected chi connectivity index (χ4v) is 2.81. The third kappa shape index (κ3) is 2.47. The van der Waals surface area contributed by atoms with E-state index in [2.05, 4.69) is 9.97 Å². The molecule has 3 heterocycles. The zero-order valence-electron chi connectivity index (χ0n) is 12.4. The van der Waals surface area contributed by atoms with Gasteiger partial charge >= 0.3 is 0 Å². The number of benzene rings is 1. The predicted octanol–water partition coefficient (Wildman–Crippen LogP) is 2.11. The molecule has 24 heavy (non-hydrogen) atoms. The van der Waals surface area contributed by atoms with Gasteiger partial charge < -0.3 is 0 Å². The van der Waals surface area contributed by atoms with Gasteiger partial charge in [0, 0.05) is 17.3 Å². The predicted molar refractivity (Wildman–Crippen MR) is 91.6 cm³/mol. The fraction of sp³-hybridized carbons (Fsp3) is 0.0588.